The van der Waals surface area contributed by atoms with Crippen LogP contribution in [-0.2, 0) is 17.8 Å². The number of thioether (sulfide) groups is 1. The van der Waals surface area contributed by atoms with E-state index in [4.69, 9.17) is 16.3 Å². The van der Waals surface area contributed by atoms with E-state index in [1.54, 1.807) is 12.1 Å². The van der Waals surface area contributed by atoms with E-state index >= 15 is 0 Å². The van der Waals surface area contributed by atoms with Gasteiger partial charge in [-0.2, -0.15) is 0 Å². The minimum atomic E-state index is -0.321. The summed E-state index contributed by atoms with van der Waals surface area (Å²) in [5, 5.41) is 21.9. The third-order valence-corrected chi connectivity index (χ3v) is 6.07. The summed E-state index contributed by atoms with van der Waals surface area (Å²) in [5.41, 5.74) is 0. The van der Waals surface area contributed by atoms with Crippen LogP contribution in [0.1, 0.15) is 37.7 Å². The second-order valence-electron chi connectivity index (χ2n) is 5.99. The molecular formula is C18H21ClN6O2S2. The number of benzene rings is 1. The van der Waals surface area contributed by atoms with E-state index in [1.807, 2.05) is 37.5 Å². The van der Waals surface area contributed by atoms with Crippen LogP contribution in [-0.4, -0.2) is 36.6 Å². The van der Waals surface area contributed by atoms with E-state index in [0.29, 0.717) is 33.4 Å². The SMILES string of the molecule is CCc1nnc(NC(=O)CSc2nnc(C(C)Oc3cccc(Cl)c3)n2CC)s1. The highest BCUT2D eigenvalue weighted by Crippen LogP contribution is 2.26. The molecule has 1 N–H and O–H groups in total. The lowest BCUT2D eigenvalue weighted by Gasteiger charge is -2.15. The Labute approximate surface area is 182 Å². The molecule has 2 heterocycles. The minimum absolute atomic E-state index is 0.163. The third-order valence-electron chi connectivity index (χ3n) is 3.88. The fourth-order valence-corrected chi connectivity index (χ4v) is 4.22. The maximum Gasteiger partial charge on any atom is 0.236 e. The molecule has 29 heavy (non-hydrogen) atoms. The van der Waals surface area contributed by atoms with Crippen LogP contribution < -0.4 is 10.1 Å². The average molecular weight is 453 g/mol. The first-order valence-electron chi connectivity index (χ1n) is 9.10. The topological polar surface area (TPSA) is 94.8 Å². The number of rotatable bonds is 9. The standard InChI is InChI=1S/C18H21ClN6O2S2/c1-4-15-21-23-17(29-15)20-14(26)10-28-18-24-22-16(25(18)5-2)11(3)27-13-8-6-7-12(19)9-13/h6-9,11H,4-5,10H2,1-3H3,(H,20,23,26). The molecule has 154 valence electrons. The molecule has 8 nitrogen and oxygen atoms in total. The van der Waals surface area contributed by atoms with Crippen LogP contribution in [0.25, 0.3) is 0 Å². The molecule has 3 aromatic rings. The Kier molecular flexibility index (Phi) is 7.45. The van der Waals surface area contributed by atoms with Crippen LogP contribution in [0, 0.1) is 0 Å². The summed E-state index contributed by atoms with van der Waals surface area (Å²) in [7, 11) is 0. The van der Waals surface area contributed by atoms with Crippen molar-refractivity contribution in [2.45, 2.75) is 45.0 Å². The van der Waals surface area contributed by atoms with Gasteiger partial charge in [-0.3, -0.25) is 10.1 Å². The van der Waals surface area contributed by atoms with Gasteiger partial charge in [0.15, 0.2) is 17.1 Å². The number of anilines is 1. The van der Waals surface area contributed by atoms with Crippen LogP contribution in [0.3, 0.4) is 0 Å². The lowest BCUT2D eigenvalue weighted by molar-refractivity contribution is -0.113. The Bertz CT molecular complexity index is 977. The van der Waals surface area contributed by atoms with E-state index in [-0.39, 0.29) is 17.8 Å². The van der Waals surface area contributed by atoms with Gasteiger partial charge >= 0.3 is 0 Å². The third kappa shape index (κ3) is 5.68. The number of halogens is 1. The predicted molar refractivity (Wildman–Crippen MR) is 115 cm³/mol. The summed E-state index contributed by atoms with van der Waals surface area (Å²) in [4.78, 5) is 12.2. The molecule has 1 unspecified atom stereocenters. The van der Waals surface area contributed by atoms with Gasteiger partial charge < -0.3 is 9.30 Å². The van der Waals surface area contributed by atoms with E-state index in [0.717, 1.165) is 11.4 Å². The Balaban J connectivity index is 1.61. The summed E-state index contributed by atoms with van der Waals surface area (Å²) < 4.78 is 7.88. The first-order chi connectivity index (χ1) is 14.0. The monoisotopic (exact) mass is 452 g/mol. The molecule has 0 bridgehead atoms. The maximum atomic E-state index is 12.2. The van der Waals surface area contributed by atoms with Crippen molar-refractivity contribution in [3.05, 3.63) is 40.1 Å². The van der Waals surface area contributed by atoms with E-state index in [2.05, 4.69) is 25.7 Å². The minimum Gasteiger partial charge on any atom is -0.483 e. The number of nitrogens with one attached hydrogen (secondary N) is 1. The van der Waals surface area contributed by atoms with Gasteiger partial charge in [-0.05, 0) is 38.5 Å². The van der Waals surface area contributed by atoms with Gasteiger partial charge in [0.25, 0.3) is 0 Å². The molecule has 1 aromatic carbocycles. The lowest BCUT2D eigenvalue weighted by Crippen LogP contribution is -2.15. The maximum absolute atomic E-state index is 12.2. The lowest BCUT2D eigenvalue weighted by atomic mass is 10.3. The van der Waals surface area contributed by atoms with E-state index in [9.17, 15) is 4.79 Å². The summed E-state index contributed by atoms with van der Waals surface area (Å²) in [6, 6.07) is 7.21. The van der Waals surface area contributed by atoms with Gasteiger partial charge in [0.2, 0.25) is 11.0 Å². The van der Waals surface area contributed by atoms with Crippen LogP contribution in [0.4, 0.5) is 5.13 Å². The number of carbonyl (C=O) groups is 1. The average Bonchev–Trinajstić information content (AvgIpc) is 3.32. The number of nitrogens with zero attached hydrogens (tertiary/aromatic N) is 5. The number of hydrogen-bond donors (Lipinski definition) is 1. The zero-order valence-electron chi connectivity index (χ0n) is 16.3. The van der Waals surface area contributed by atoms with E-state index in [1.165, 1.54) is 23.1 Å². The Morgan fingerprint density at radius 2 is 2.14 bits per heavy atom. The van der Waals surface area contributed by atoms with Crippen LogP contribution in [0.15, 0.2) is 29.4 Å². The van der Waals surface area contributed by atoms with Crippen molar-refractivity contribution >= 4 is 45.7 Å². The number of aromatic nitrogens is 5. The molecule has 1 amide bonds. The number of aryl methyl sites for hydroxylation is 1. The van der Waals surface area contributed by atoms with Crippen LogP contribution >= 0.6 is 34.7 Å². The van der Waals surface area contributed by atoms with Gasteiger partial charge in [-0.25, -0.2) is 0 Å². The van der Waals surface area contributed by atoms with Gasteiger partial charge in [0, 0.05) is 11.6 Å². The first kappa shape index (κ1) is 21.5. The van der Waals surface area contributed by atoms with Crippen molar-refractivity contribution in [3.8, 4) is 5.75 Å². The summed E-state index contributed by atoms with van der Waals surface area (Å²) in [6.07, 6.45) is 0.470. The van der Waals surface area contributed by atoms with Crippen molar-refractivity contribution in [1.29, 1.82) is 0 Å². The number of hydrogen-bond acceptors (Lipinski definition) is 8. The molecule has 0 aliphatic rings. The fourth-order valence-electron chi connectivity index (χ4n) is 2.53. The molecule has 0 spiro atoms. The first-order valence-corrected chi connectivity index (χ1v) is 11.3. The largest absolute Gasteiger partial charge is 0.483 e. The van der Waals surface area contributed by atoms with Gasteiger partial charge in [-0.1, -0.05) is 47.7 Å². The highest BCUT2D eigenvalue weighted by molar-refractivity contribution is 7.99. The smallest absolute Gasteiger partial charge is 0.236 e. The fraction of sp³-hybridized carbons (Fsp3) is 0.389. The summed E-state index contributed by atoms with van der Waals surface area (Å²) in [5.74, 6) is 1.38. The quantitative estimate of drug-likeness (QED) is 0.485. The Morgan fingerprint density at radius 1 is 1.31 bits per heavy atom. The van der Waals surface area contributed by atoms with E-state index < -0.39 is 0 Å². The normalized spacial score (nSPS) is 12.0. The molecular weight excluding hydrogens is 432 g/mol. The van der Waals surface area contributed by atoms with Gasteiger partial charge in [-0.15, -0.1) is 20.4 Å². The number of carbonyl (C=O) groups excluding carboxylic acids is 1. The molecule has 0 saturated heterocycles. The zero-order valence-corrected chi connectivity index (χ0v) is 18.6. The zero-order chi connectivity index (χ0) is 20.8. The molecule has 11 heteroatoms. The van der Waals surface area contributed by atoms with Crippen LogP contribution in [0.2, 0.25) is 5.02 Å². The number of ether oxygens (including phenoxy) is 1. The van der Waals surface area contributed by atoms with Crippen molar-refractivity contribution in [1.82, 2.24) is 25.0 Å². The van der Waals surface area contributed by atoms with Gasteiger partial charge in [0.05, 0.1) is 5.75 Å². The highest BCUT2D eigenvalue weighted by atomic mass is 35.5. The Morgan fingerprint density at radius 3 is 2.83 bits per heavy atom. The van der Waals surface area contributed by atoms with Crippen molar-refractivity contribution in [2.24, 2.45) is 0 Å². The van der Waals surface area contributed by atoms with Crippen molar-refractivity contribution < 1.29 is 9.53 Å². The molecule has 2 aromatic heterocycles. The molecule has 0 aliphatic carbocycles. The van der Waals surface area contributed by atoms with Crippen molar-refractivity contribution in [2.75, 3.05) is 11.1 Å². The number of amides is 1. The second-order valence-corrected chi connectivity index (χ2v) is 8.43. The highest BCUT2D eigenvalue weighted by Gasteiger charge is 2.20. The molecule has 1 atom stereocenters. The predicted octanol–water partition coefficient (Wildman–Crippen LogP) is 4.24. The second kappa shape index (κ2) is 10.0. The molecule has 0 fully saturated rings. The molecule has 0 radical (unpaired) electrons. The summed E-state index contributed by atoms with van der Waals surface area (Å²) in [6.45, 7) is 6.55. The summed E-state index contributed by atoms with van der Waals surface area (Å²) >= 11 is 8.71. The molecule has 0 aliphatic heterocycles. The Hall–Kier alpha value is -2.17. The van der Waals surface area contributed by atoms with Crippen LogP contribution in [0.5, 0.6) is 5.75 Å². The van der Waals surface area contributed by atoms with Gasteiger partial charge in [0.1, 0.15) is 10.8 Å². The molecule has 0 saturated carbocycles. The molecule has 3 rings (SSSR count). The van der Waals surface area contributed by atoms with Crippen molar-refractivity contribution in [3.63, 3.8) is 0 Å².